The molecule has 2 aromatic rings. The van der Waals surface area contributed by atoms with Crippen molar-refractivity contribution in [1.82, 2.24) is 4.37 Å². The molecule has 0 bridgehead atoms. The van der Waals surface area contributed by atoms with Crippen molar-refractivity contribution in [3.8, 4) is 5.75 Å². The van der Waals surface area contributed by atoms with Crippen LogP contribution < -0.4 is 15.4 Å². The molecule has 108 valence electrons. The lowest BCUT2D eigenvalue weighted by Gasteiger charge is -2.20. The molecule has 0 fully saturated rings. The van der Waals surface area contributed by atoms with Crippen LogP contribution in [-0.2, 0) is 6.54 Å². The third-order valence-electron chi connectivity index (χ3n) is 2.72. The minimum absolute atomic E-state index is 0.0734. The van der Waals surface area contributed by atoms with Crippen LogP contribution in [0.1, 0.15) is 19.4 Å². The summed E-state index contributed by atoms with van der Waals surface area (Å²) in [5.41, 5.74) is 7.10. The van der Waals surface area contributed by atoms with Crippen molar-refractivity contribution in [3.63, 3.8) is 0 Å². The van der Waals surface area contributed by atoms with Gasteiger partial charge in [0, 0.05) is 18.1 Å². The van der Waals surface area contributed by atoms with Crippen LogP contribution in [0.25, 0.3) is 0 Å². The maximum Gasteiger partial charge on any atom is 0.198 e. The summed E-state index contributed by atoms with van der Waals surface area (Å²) in [4.78, 5) is 2.10. The van der Waals surface area contributed by atoms with Crippen molar-refractivity contribution < 1.29 is 4.74 Å². The van der Waals surface area contributed by atoms with Gasteiger partial charge in [0.15, 0.2) is 16.6 Å². The smallest absolute Gasteiger partial charge is 0.198 e. The fourth-order valence-electron chi connectivity index (χ4n) is 1.83. The Morgan fingerprint density at radius 2 is 2.10 bits per heavy atom. The largest absolute Gasteiger partial charge is 0.484 e. The number of anilines is 2. The zero-order chi connectivity index (χ0) is 14.7. The van der Waals surface area contributed by atoms with Crippen LogP contribution in [0.3, 0.4) is 0 Å². The lowest BCUT2D eigenvalue weighted by Crippen LogP contribution is -2.17. The number of hydrogen-bond acceptors (Lipinski definition) is 5. The van der Waals surface area contributed by atoms with Crippen LogP contribution in [0.2, 0.25) is 0 Å². The third kappa shape index (κ3) is 3.43. The van der Waals surface area contributed by atoms with Crippen LogP contribution in [0.15, 0.2) is 28.7 Å². The van der Waals surface area contributed by atoms with E-state index in [1.165, 1.54) is 17.1 Å². The molecule has 0 aliphatic heterocycles. The minimum Gasteiger partial charge on any atom is -0.484 e. The second-order valence-electron chi connectivity index (χ2n) is 4.82. The monoisotopic (exact) mass is 355 g/mol. The van der Waals surface area contributed by atoms with Gasteiger partial charge in [0.25, 0.3) is 0 Å². The molecule has 6 heteroatoms. The number of halogens is 1. The fourth-order valence-corrected chi connectivity index (χ4v) is 2.95. The van der Waals surface area contributed by atoms with E-state index in [1.807, 2.05) is 39.1 Å². The van der Waals surface area contributed by atoms with Gasteiger partial charge in [-0.15, -0.1) is 0 Å². The highest BCUT2D eigenvalue weighted by Crippen LogP contribution is 2.39. The van der Waals surface area contributed by atoms with Crippen LogP contribution in [0.4, 0.5) is 10.8 Å². The second-order valence-corrected chi connectivity index (χ2v) is 6.42. The molecular weight excluding hydrogens is 338 g/mol. The molecular formula is C14H18BrN3OS. The zero-order valence-corrected chi connectivity index (χ0v) is 14.2. The van der Waals surface area contributed by atoms with E-state index in [0.29, 0.717) is 11.6 Å². The van der Waals surface area contributed by atoms with Crippen molar-refractivity contribution in [3.05, 3.63) is 34.3 Å². The van der Waals surface area contributed by atoms with Crippen LogP contribution in [0.5, 0.6) is 5.75 Å². The molecule has 0 atom stereocenters. The Hall–Kier alpha value is -1.27. The Labute approximate surface area is 131 Å². The number of hydrogen-bond donors (Lipinski definition) is 1. The van der Waals surface area contributed by atoms with E-state index in [0.717, 1.165) is 16.0 Å². The zero-order valence-electron chi connectivity index (χ0n) is 11.8. The van der Waals surface area contributed by atoms with E-state index < -0.39 is 0 Å². The van der Waals surface area contributed by atoms with Gasteiger partial charge in [-0.1, -0.05) is 34.1 Å². The highest BCUT2D eigenvalue weighted by molar-refractivity contribution is 9.10. The van der Waals surface area contributed by atoms with E-state index >= 15 is 0 Å². The number of nitrogens with zero attached hydrogens (tertiary/aromatic N) is 2. The molecule has 0 saturated heterocycles. The van der Waals surface area contributed by atoms with Crippen molar-refractivity contribution in [2.24, 2.45) is 0 Å². The Balaban J connectivity index is 2.21. The predicted octanol–water partition coefficient (Wildman–Crippen LogP) is 3.91. The normalized spacial score (nSPS) is 10.8. The third-order valence-corrected chi connectivity index (χ3v) is 4.45. The first-order valence-electron chi connectivity index (χ1n) is 6.35. The van der Waals surface area contributed by atoms with Gasteiger partial charge in [-0.2, -0.15) is 4.37 Å². The van der Waals surface area contributed by atoms with Crippen molar-refractivity contribution in [2.45, 2.75) is 26.5 Å². The molecule has 0 saturated carbocycles. The van der Waals surface area contributed by atoms with Crippen molar-refractivity contribution in [1.29, 1.82) is 0 Å². The van der Waals surface area contributed by atoms with E-state index in [-0.39, 0.29) is 6.10 Å². The topological polar surface area (TPSA) is 51.4 Å². The summed E-state index contributed by atoms with van der Waals surface area (Å²) < 4.78 is 11.1. The molecule has 20 heavy (non-hydrogen) atoms. The first-order valence-corrected chi connectivity index (χ1v) is 7.92. The summed E-state index contributed by atoms with van der Waals surface area (Å²) in [6, 6.07) is 8.16. The standard InChI is InChI=1S/C14H18BrN3OS/c1-9(2)19-12-13(16)17-20-14(12)18(3)8-10-6-4-5-7-11(10)15/h4-7,9H,8H2,1-3H3,(H2,16,17). The Kier molecular flexibility index (Phi) is 4.88. The summed E-state index contributed by atoms with van der Waals surface area (Å²) in [5, 5.41) is 0.951. The van der Waals surface area contributed by atoms with Crippen molar-refractivity contribution in [2.75, 3.05) is 17.7 Å². The predicted molar refractivity (Wildman–Crippen MR) is 88.5 cm³/mol. The van der Waals surface area contributed by atoms with Crippen LogP contribution >= 0.6 is 27.5 Å². The summed E-state index contributed by atoms with van der Waals surface area (Å²) in [7, 11) is 2.01. The lowest BCUT2D eigenvalue weighted by atomic mass is 10.2. The SMILES string of the molecule is CC(C)Oc1c(N)nsc1N(C)Cc1ccccc1Br. The average Bonchev–Trinajstić information content (AvgIpc) is 2.73. The number of ether oxygens (including phenoxy) is 1. The molecule has 0 unspecified atom stereocenters. The summed E-state index contributed by atoms with van der Waals surface area (Å²) in [6.07, 6.45) is 0.0734. The van der Waals surface area contributed by atoms with Gasteiger partial charge in [0.05, 0.1) is 6.10 Å². The summed E-state index contributed by atoms with van der Waals surface area (Å²) >= 11 is 4.93. The molecule has 0 spiro atoms. The van der Waals surface area contributed by atoms with E-state index in [2.05, 4.69) is 31.3 Å². The molecule has 2 N–H and O–H groups in total. The Bertz CT molecular complexity index is 586. The molecule has 1 aromatic heterocycles. The lowest BCUT2D eigenvalue weighted by molar-refractivity contribution is 0.245. The number of benzene rings is 1. The van der Waals surface area contributed by atoms with Gasteiger partial charge < -0.3 is 15.4 Å². The van der Waals surface area contributed by atoms with Crippen LogP contribution in [0, 0.1) is 0 Å². The second kappa shape index (κ2) is 6.45. The van der Waals surface area contributed by atoms with Gasteiger partial charge in [0.1, 0.15) is 0 Å². The molecule has 1 aromatic carbocycles. The molecule has 0 radical (unpaired) electrons. The van der Waals surface area contributed by atoms with Gasteiger partial charge in [-0.05, 0) is 37.0 Å². The van der Waals surface area contributed by atoms with Gasteiger partial charge in [0.2, 0.25) is 0 Å². The quantitative estimate of drug-likeness (QED) is 0.883. The number of nitrogen functional groups attached to an aromatic ring is 1. The summed E-state index contributed by atoms with van der Waals surface area (Å²) in [6.45, 7) is 4.72. The Morgan fingerprint density at radius 3 is 2.75 bits per heavy atom. The van der Waals surface area contributed by atoms with Gasteiger partial charge >= 0.3 is 0 Å². The first kappa shape index (κ1) is 15.1. The average molecular weight is 356 g/mol. The highest BCUT2D eigenvalue weighted by atomic mass is 79.9. The van der Waals surface area contributed by atoms with E-state index in [9.17, 15) is 0 Å². The Morgan fingerprint density at radius 1 is 1.40 bits per heavy atom. The minimum atomic E-state index is 0.0734. The van der Waals surface area contributed by atoms with Gasteiger partial charge in [-0.3, -0.25) is 0 Å². The number of rotatable bonds is 5. The summed E-state index contributed by atoms with van der Waals surface area (Å²) in [5.74, 6) is 1.14. The molecule has 4 nitrogen and oxygen atoms in total. The molecule has 0 aliphatic rings. The van der Waals surface area contributed by atoms with Crippen LogP contribution in [-0.4, -0.2) is 17.5 Å². The number of nitrogens with two attached hydrogens (primary N) is 1. The molecule has 2 rings (SSSR count). The first-order chi connectivity index (χ1) is 9.49. The maximum absolute atomic E-state index is 5.89. The fraction of sp³-hybridized carbons (Fsp3) is 0.357. The molecule has 0 aliphatic carbocycles. The number of aromatic nitrogens is 1. The van der Waals surface area contributed by atoms with E-state index in [1.54, 1.807) is 0 Å². The highest BCUT2D eigenvalue weighted by Gasteiger charge is 2.18. The molecule has 0 amide bonds. The maximum atomic E-state index is 5.89. The van der Waals surface area contributed by atoms with E-state index in [4.69, 9.17) is 10.5 Å². The van der Waals surface area contributed by atoms with Crippen molar-refractivity contribution >= 4 is 38.3 Å². The molecule has 1 heterocycles. The van der Waals surface area contributed by atoms with Gasteiger partial charge in [-0.25, -0.2) is 0 Å².